The summed E-state index contributed by atoms with van der Waals surface area (Å²) < 4.78 is 9.58. The normalized spacial score (nSPS) is 18.4. The molecule has 14 heteroatoms. The van der Waals surface area contributed by atoms with Gasteiger partial charge in [0, 0.05) is 24.2 Å². The molecule has 2 aliphatic rings. The number of aromatic nitrogens is 4. The van der Waals surface area contributed by atoms with E-state index in [0.717, 1.165) is 83.8 Å². The molecule has 4 amide bonds. The molecule has 6 atom stereocenters. The van der Waals surface area contributed by atoms with E-state index in [-0.39, 0.29) is 35.7 Å². The number of benzene rings is 2. The molecule has 0 aliphatic carbocycles. The van der Waals surface area contributed by atoms with E-state index >= 15 is 0 Å². The van der Waals surface area contributed by atoms with Crippen LogP contribution in [0.1, 0.15) is 101 Å². The average Bonchev–Trinajstić information content (AvgIpc) is 4.10. The molecule has 6 rings (SSSR count). The van der Waals surface area contributed by atoms with Crippen LogP contribution in [0.5, 0.6) is 0 Å². The molecule has 4 aromatic rings. The first-order valence-corrected chi connectivity index (χ1v) is 20.2. The molecule has 0 bridgehead atoms. The molecule has 2 saturated heterocycles. The number of H-pyrrole nitrogens is 2. The molecular formula is C44H54N8O6. The Hall–Kier alpha value is -6.10. The summed E-state index contributed by atoms with van der Waals surface area (Å²) in [5, 5.41) is 5.48. The van der Waals surface area contributed by atoms with Crippen molar-refractivity contribution in [1.29, 1.82) is 0 Å². The first kappa shape index (κ1) is 41.5. The summed E-state index contributed by atoms with van der Waals surface area (Å²) in [6.45, 7) is 9.08. The first-order valence-electron chi connectivity index (χ1n) is 20.2. The zero-order valence-electron chi connectivity index (χ0n) is 34.1. The van der Waals surface area contributed by atoms with E-state index < -0.39 is 24.3 Å². The topological polar surface area (TPSA) is 175 Å². The zero-order valence-corrected chi connectivity index (χ0v) is 34.1. The molecular weight excluding hydrogens is 737 g/mol. The minimum atomic E-state index is -0.676. The number of rotatable bonds is 12. The van der Waals surface area contributed by atoms with Crippen molar-refractivity contribution in [2.45, 2.75) is 90.4 Å². The number of carbonyl (C=O) groups excluding carboxylic acids is 4. The van der Waals surface area contributed by atoms with Crippen LogP contribution in [0, 0.1) is 23.7 Å². The predicted molar refractivity (Wildman–Crippen MR) is 219 cm³/mol. The van der Waals surface area contributed by atoms with E-state index in [1.807, 2.05) is 86.0 Å². The van der Waals surface area contributed by atoms with Crippen LogP contribution in [0.4, 0.5) is 9.59 Å². The molecule has 2 unspecified atom stereocenters. The molecule has 2 aliphatic heterocycles. The largest absolute Gasteiger partial charge is 0.453 e. The molecule has 2 aromatic carbocycles. The number of alkyl carbamates (subject to hydrolysis) is 2. The number of aromatic amines is 2. The maximum atomic E-state index is 13.7. The van der Waals surface area contributed by atoms with Gasteiger partial charge in [0.2, 0.25) is 11.8 Å². The Balaban J connectivity index is 1.08. The summed E-state index contributed by atoms with van der Waals surface area (Å²) in [4.78, 5) is 71.2. The zero-order chi connectivity index (χ0) is 41.3. The van der Waals surface area contributed by atoms with Crippen LogP contribution < -0.4 is 10.6 Å². The van der Waals surface area contributed by atoms with Gasteiger partial charge in [-0.3, -0.25) is 9.59 Å². The van der Waals surface area contributed by atoms with E-state index in [0.29, 0.717) is 13.1 Å². The molecule has 4 N–H and O–H groups in total. The maximum Gasteiger partial charge on any atom is 0.407 e. The predicted octanol–water partition coefficient (Wildman–Crippen LogP) is 6.74. The highest BCUT2D eigenvalue weighted by molar-refractivity contribution is 5.87. The van der Waals surface area contributed by atoms with E-state index in [2.05, 4.69) is 42.4 Å². The Labute approximate surface area is 339 Å². The third kappa shape index (κ3) is 9.36. The van der Waals surface area contributed by atoms with Crippen molar-refractivity contribution in [2.24, 2.45) is 11.8 Å². The van der Waals surface area contributed by atoms with E-state index in [1.165, 1.54) is 14.2 Å². The fourth-order valence-electron chi connectivity index (χ4n) is 7.64. The highest BCUT2D eigenvalue weighted by Crippen LogP contribution is 2.34. The number of nitrogens with one attached hydrogen (secondary N) is 4. The summed E-state index contributed by atoms with van der Waals surface area (Å²) in [6.07, 6.45) is 7.06. The van der Waals surface area contributed by atoms with Gasteiger partial charge in [-0.2, -0.15) is 0 Å². The summed E-state index contributed by atoms with van der Waals surface area (Å²) in [7, 11) is 2.59. The molecule has 2 aromatic heterocycles. The van der Waals surface area contributed by atoms with Crippen LogP contribution in [0.25, 0.3) is 22.5 Å². The van der Waals surface area contributed by atoms with Crippen molar-refractivity contribution in [3.63, 3.8) is 0 Å². The van der Waals surface area contributed by atoms with Gasteiger partial charge in [0.25, 0.3) is 0 Å². The molecule has 0 spiro atoms. The lowest BCUT2D eigenvalue weighted by Crippen LogP contribution is -2.51. The lowest BCUT2D eigenvalue weighted by molar-refractivity contribution is -0.136. The van der Waals surface area contributed by atoms with Gasteiger partial charge in [-0.05, 0) is 72.9 Å². The summed E-state index contributed by atoms with van der Waals surface area (Å²) in [6, 6.07) is 14.1. The molecule has 2 fully saturated rings. The van der Waals surface area contributed by atoms with Crippen molar-refractivity contribution in [2.75, 3.05) is 27.3 Å². The quantitative estimate of drug-likeness (QED) is 0.114. The number of ether oxygens (including phenoxy) is 2. The van der Waals surface area contributed by atoms with Gasteiger partial charge in [-0.15, -0.1) is 0 Å². The number of methoxy groups -OCH3 is 2. The van der Waals surface area contributed by atoms with Crippen molar-refractivity contribution in [3.05, 3.63) is 83.7 Å². The van der Waals surface area contributed by atoms with Gasteiger partial charge in [0.15, 0.2) is 0 Å². The fraction of sp³-hybridized carbons (Fsp3) is 0.455. The van der Waals surface area contributed by atoms with E-state index in [9.17, 15) is 19.2 Å². The highest BCUT2D eigenvalue weighted by atomic mass is 16.5. The lowest BCUT2D eigenvalue weighted by atomic mass is 9.97. The number of nitrogens with zero attached hydrogens (tertiary/aromatic N) is 4. The Morgan fingerprint density at radius 2 is 1.07 bits per heavy atom. The van der Waals surface area contributed by atoms with Crippen LogP contribution >= 0.6 is 0 Å². The van der Waals surface area contributed by atoms with Gasteiger partial charge in [0.1, 0.15) is 23.7 Å². The number of hydrogen-bond donors (Lipinski definition) is 4. The summed E-state index contributed by atoms with van der Waals surface area (Å²) in [5.41, 5.74) is 5.31. The molecule has 58 heavy (non-hydrogen) atoms. The lowest BCUT2D eigenvalue weighted by Gasteiger charge is -2.30. The number of carbonyl (C=O) groups is 4. The van der Waals surface area contributed by atoms with Gasteiger partial charge in [0.05, 0.1) is 50.1 Å². The minimum absolute atomic E-state index is 0.0557. The smallest absolute Gasteiger partial charge is 0.407 e. The third-order valence-electron chi connectivity index (χ3n) is 11.5. The van der Waals surface area contributed by atoms with Crippen molar-refractivity contribution >= 4 is 24.0 Å². The number of hydrogen-bond acceptors (Lipinski definition) is 8. The fourth-order valence-corrected chi connectivity index (χ4v) is 7.64. The Morgan fingerprint density at radius 1 is 0.690 bits per heavy atom. The second-order valence-corrected chi connectivity index (χ2v) is 15.1. The Kier molecular flexibility index (Phi) is 13.5. The number of amides is 4. The van der Waals surface area contributed by atoms with Crippen LogP contribution in [0.2, 0.25) is 0 Å². The van der Waals surface area contributed by atoms with Crippen LogP contribution in [-0.4, -0.2) is 93.1 Å². The average molecular weight is 791 g/mol. The summed E-state index contributed by atoms with van der Waals surface area (Å²) in [5.74, 6) is 7.58. The number of imidazole rings is 2. The van der Waals surface area contributed by atoms with Gasteiger partial charge >= 0.3 is 12.2 Å². The van der Waals surface area contributed by atoms with Crippen LogP contribution in [0.15, 0.2) is 60.9 Å². The van der Waals surface area contributed by atoms with E-state index in [4.69, 9.17) is 9.47 Å². The first-order chi connectivity index (χ1) is 28.0. The second-order valence-electron chi connectivity index (χ2n) is 15.1. The van der Waals surface area contributed by atoms with Crippen molar-refractivity contribution in [3.8, 4) is 34.4 Å². The van der Waals surface area contributed by atoms with Gasteiger partial charge in [-0.1, -0.05) is 76.6 Å². The Morgan fingerprint density at radius 3 is 1.41 bits per heavy atom. The van der Waals surface area contributed by atoms with Gasteiger partial charge in [-0.25, -0.2) is 19.6 Å². The van der Waals surface area contributed by atoms with Crippen LogP contribution in [-0.2, 0) is 19.1 Å². The second kappa shape index (κ2) is 18.9. The summed E-state index contributed by atoms with van der Waals surface area (Å²) >= 11 is 0. The Bertz CT molecular complexity index is 1970. The number of likely N-dealkylation sites (tertiary alicyclic amines) is 2. The minimum Gasteiger partial charge on any atom is -0.453 e. The van der Waals surface area contributed by atoms with Crippen molar-refractivity contribution < 1.29 is 28.7 Å². The standard InChI is InChI=1S/C44H54N8O6/c1-7-27(3)37(49-43(55)57-5)41(53)51-23-9-11-35(51)39-45-25-33(47-39)31-19-15-29(16-20-31)13-14-30-17-21-32(22-18-30)34-26-46-40(48-34)36-12-10-24-52(36)42(54)38(28(4)8-2)50-44(56)58-6/h15-22,25-28,35-38H,7-12,23-24H2,1-6H3,(H,45,47)(H,46,48)(H,49,55)(H,50,56)/t27-,28+,35?,36?,37-,38-/m0/s1. The maximum absolute atomic E-state index is 13.7. The van der Waals surface area contributed by atoms with Crippen LogP contribution in [0.3, 0.4) is 0 Å². The molecule has 0 radical (unpaired) electrons. The van der Waals surface area contributed by atoms with E-state index in [1.54, 1.807) is 12.4 Å². The molecule has 306 valence electrons. The third-order valence-corrected chi connectivity index (χ3v) is 11.5. The van der Waals surface area contributed by atoms with Gasteiger partial charge < -0.3 is 39.9 Å². The monoisotopic (exact) mass is 790 g/mol. The SMILES string of the molecule is CC[C@@H](C)[C@H](NC(=O)OC)C(=O)N1CCCC1c1ncc(-c2ccc(C#Cc3ccc(-c4cnc(C5CCCN5C(=O)[C@@H](NC(=O)OC)[C@@H](C)CC)[nH]4)cc3)cc2)[nH]1. The molecule has 4 heterocycles. The van der Waals surface area contributed by atoms with Crippen molar-refractivity contribution in [1.82, 2.24) is 40.4 Å². The molecule has 14 nitrogen and oxygen atoms in total. The molecule has 0 saturated carbocycles. The highest BCUT2D eigenvalue weighted by Gasteiger charge is 2.39.